The fourth-order valence-corrected chi connectivity index (χ4v) is 3.47. The van der Waals surface area contributed by atoms with E-state index in [9.17, 15) is 0 Å². The molecule has 1 aromatic heterocycles. The maximum absolute atomic E-state index is 4.31. The number of nitrogens with one attached hydrogen (secondary N) is 2. The van der Waals surface area contributed by atoms with Crippen LogP contribution in [0, 0.1) is 0 Å². The van der Waals surface area contributed by atoms with Gasteiger partial charge in [0.2, 0.25) is 0 Å². The molecule has 1 atom stereocenters. The zero-order valence-corrected chi connectivity index (χ0v) is 15.4. The number of aliphatic imine (C=N–C) groups is 1. The summed E-state index contributed by atoms with van der Waals surface area (Å²) >= 11 is 5.13. The molecule has 0 spiro atoms. The first-order valence-electron chi connectivity index (χ1n) is 7.60. The maximum atomic E-state index is 4.31. The van der Waals surface area contributed by atoms with E-state index < -0.39 is 0 Å². The first-order valence-corrected chi connectivity index (χ1v) is 9.28. The summed E-state index contributed by atoms with van der Waals surface area (Å²) in [5.41, 5.74) is 1.27. The molecule has 1 aromatic carbocycles. The van der Waals surface area contributed by atoms with Crippen LogP contribution >= 0.6 is 27.3 Å². The molecule has 0 aliphatic carbocycles. The van der Waals surface area contributed by atoms with Crippen LogP contribution in [-0.2, 0) is 6.54 Å². The Labute approximate surface area is 149 Å². The number of nitrogens with zero attached hydrogens (tertiary/aromatic N) is 3. The monoisotopic (exact) mass is 393 g/mol. The van der Waals surface area contributed by atoms with Gasteiger partial charge < -0.3 is 15.5 Å². The van der Waals surface area contributed by atoms with Crippen LogP contribution in [0.15, 0.2) is 45.3 Å². The van der Waals surface area contributed by atoms with Crippen LogP contribution in [0.1, 0.15) is 11.4 Å². The number of aromatic nitrogens is 1. The van der Waals surface area contributed by atoms with E-state index in [0.717, 1.165) is 35.0 Å². The minimum absolute atomic E-state index is 0.404. The fourth-order valence-electron chi connectivity index (χ4n) is 2.65. The lowest BCUT2D eigenvalue weighted by Gasteiger charge is -2.20. The van der Waals surface area contributed by atoms with Crippen molar-refractivity contribution in [2.24, 2.45) is 4.99 Å². The number of halogens is 1. The average Bonchev–Trinajstić information content (AvgIpc) is 3.24. The van der Waals surface area contributed by atoms with Crippen molar-refractivity contribution in [1.29, 1.82) is 0 Å². The number of benzene rings is 1. The second kappa shape index (κ2) is 7.79. The number of thiazole rings is 1. The first kappa shape index (κ1) is 16.3. The van der Waals surface area contributed by atoms with E-state index in [2.05, 4.69) is 65.7 Å². The van der Waals surface area contributed by atoms with Gasteiger partial charge in [0, 0.05) is 47.9 Å². The van der Waals surface area contributed by atoms with Crippen molar-refractivity contribution < 1.29 is 0 Å². The predicted molar refractivity (Wildman–Crippen MR) is 100 cm³/mol. The van der Waals surface area contributed by atoms with Gasteiger partial charge in [-0.15, -0.1) is 11.3 Å². The maximum Gasteiger partial charge on any atom is 0.191 e. The van der Waals surface area contributed by atoms with E-state index >= 15 is 0 Å². The van der Waals surface area contributed by atoms with Gasteiger partial charge in [-0.05, 0) is 30.7 Å². The van der Waals surface area contributed by atoms with Crippen molar-refractivity contribution in [1.82, 2.24) is 15.6 Å². The fraction of sp³-hybridized carbons (Fsp3) is 0.375. The lowest BCUT2D eigenvalue weighted by molar-refractivity contribution is 0.648. The normalized spacial score (nSPS) is 18.3. The molecule has 0 radical (unpaired) electrons. The molecule has 1 aliphatic rings. The van der Waals surface area contributed by atoms with Crippen molar-refractivity contribution in [2.45, 2.75) is 19.0 Å². The zero-order chi connectivity index (χ0) is 16.1. The van der Waals surface area contributed by atoms with Crippen LogP contribution in [-0.4, -0.2) is 37.1 Å². The summed E-state index contributed by atoms with van der Waals surface area (Å²) < 4.78 is 1.11. The van der Waals surface area contributed by atoms with Gasteiger partial charge in [-0.1, -0.05) is 15.9 Å². The van der Waals surface area contributed by atoms with Gasteiger partial charge in [-0.2, -0.15) is 0 Å². The SMILES string of the molecule is CN=C(NCc1nccs1)NC1CCN(c2ccc(Br)cc2)C1. The Morgan fingerprint density at radius 3 is 2.96 bits per heavy atom. The van der Waals surface area contributed by atoms with E-state index in [1.165, 1.54) is 5.69 Å². The summed E-state index contributed by atoms with van der Waals surface area (Å²) in [6.45, 7) is 2.75. The minimum Gasteiger partial charge on any atom is -0.369 e. The van der Waals surface area contributed by atoms with Crippen LogP contribution in [0.3, 0.4) is 0 Å². The smallest absolute Gasteiger partial charge is 0.191 e. The molecular formula is C16H20BrN5S. The number of hydrogen-bond donors (Lipinski definition) is 2. The molecule has 23 heavy (non-hydrogen) atoms. The third-order valence-corrected chi connectivity index (χ3v) is 5.14. The molecule has 3 rings (SSSR count). The number of guanidine groups is 1. The predicted octanol–water partition coefficient (Wildman–Crippen LogP) is 2.85. The number of hydrogen-bond acceptors (Lipinski definition) is 4. The summed E-state index contributed by atoms with van der Waals surface area (Å²) in [5.74, 6) is 0.836. The van der Waals surface area contributed by atoms with Crippen molar-refractivity contribution in [3.8, 4) is 0 Å². The highest BCUT2D eigenvalue weighted by atomic mass is 79.9. The Hall–Kier alpha value is -1.60. The summed E-state index contributed by atoms with van der Waals surface area (Å²) in [4.78, 5) is 11.0. The van der Waals surface area contributed by atoms with Crippen LogP contribution in [0.4, 0.5) is 5.69 Å². The second-order valence-electron chi connectivity index (χ2n) is 5.40. The molecular weight excluding hydrogens is 374 g/mol. The quantitative estimate of drug-likeness (QED) is 0.619. The Kier molecular flexibility index (Phi) is 5.51. The summed E-state index contributed by atoms with van der Waals surface area (Å²) in [6.07, 6.45) is 2.93. The summed E-state index contributed by atoms with van der Waals surface area (Å²) in [5, 5.41) is 9.88. The van der Waals surface area contributed by atoms with E-state index in [0.29, 0.717) is 12.6 Å². The van der Waals surface area contributed by atoms with Crippen molar-refractivity contribution in [3.63, 3.8) is 0 Å². The highest BCUT2D eigenvalue weighted by Gasteiger charge is 2.23. The van der Waals surface area contributed by atoms with Gasteiger partial charge in [0.05, 0.1) is 6.54 Å². The molecule has 0 bridgehead atoms. The molecule has 0 amide bonds. The summed E-state index contributed by atoms with van der Waals surface area (Å²) in [7, 11) is 1.80. The van der Waals surface area contributed by atoms with E-state index in [1.54, 1.807) is 18.4 Å². The Bertz CT molecular complexity index is 641. The molecule has 1 unspecified atom stereocenters. The highest BCUT2D eigenvalue weighted by molar-refractivity contribution is 9.10. The molecule has 2 aromatic rings. The number of anilines is 1. The van der Waals surface area contributed by atoms with Gasteiger partial charge >= 0.3 is 0 Å². The topological polar surface area (TPSA) is 52.6 Å². The molecule has 2 N–H and O–H groups in total. The molecule has 1 saturated heterocycles. The number of rotatable bonds is 4. The largest absolute Gasteiger partial charge is 0.369 e. The van der Waals surface area contributed by atoms with Crippen molar-refractivity contribution in [3.05, 3.63) is 45.3 Å². The molecule has 5 nitrogen and oxygen atoms in total. The first-order chi connectivity index (χ1) is 11.2. The van der Waals surface area contributed by atoms with E-state index in [-0.39, 0.29) is 0 Å². The minimum atomic E-state index is 0.404. The molecule has 7 heteroatoms. The van der Waals surface area contributed by atoms with Crippen LogP contribution in [0.25, 0.3) is 0 Å². The van der Waals surface area contributed by atoms with Crippen LogP contribution < -0.4 is 15.5 Å². The Morgan fingerprint density at radius 1 is 1.43 bits per heavy atom. The summed E-state index contributed by atoms with van der Waals surface area (Å²) in [6, 6.07) is 8.89. The van der Waals surface area contributed by atoms with Gasteiger partial charge in [0.25, 0.3) is 0 Å². The average molecular weight is 394 g/mol. The Balaban J connectivity index is 1.51. The molecule has 122 valence electrons. The third kappa shape index (κ3) is 4.45. The second-order valence-corrected chi connectivity index (χ2v) is 7.30. The van der Waals surface area contributed by atoms with Gasteiger partial charge in [0.15, 0.2) is 5.96 Å². The third-order valence-electron chi connectivity index (χ3n) is 3.83. The zero-order valence-electron chi connectivity index (χ0n) is 13.0. The van der Waals surface area contributed by atoms with E-state index in [1.807, 2.05) is 11.6 Å². The van der Waals surface area contributed by atoms with Crippen molar-refractivity contribution in [2.75, 3.05) is 25.0 Å². The van der Waals surface area contributed by atoms with Gasteiger partial charge in [-0.25, -0.2) is 4.98 Å². The highest BCUT2D eigenvalue weighted by Crippen LogP contribution is 2.22. The van der Waals surface area contributed by atoms with Crippen LogP contribution in [0.5, 0.6) is 0 Å². The molecule has 0 saturated carbocycles. The van der Waals surface area contributed by atoms with E-state index in [4.69, 9.17) is 0 Å². The molecule has 1 fully saturated rings. The van der Waals surface area contributed by atoms with Gasteiger partial charge in [0.1, 0.15) is 5.01 Å². The lowest BCUT2D eigenvalue weighted by atomic mass is 10.3. The molecule has 1 aliphatic heterocycles. The van der Waals surface area contributed by atoms with Crippen LogP contribution in [0.2, 0.25) is 0 Å². The van der Waals surface area contributed by atoms with Crippen molar-refractivity contribution >= 4 is 38.9 Å². The Morgan fingerprint density at radius 2 is 2.26 bits per heavy atom. The lowest BCUT2D eigenvalue weighted by Crippen LogP contribution is -2.44. The standard InChI is InChI=1S/C16H20BrN5S/c1-18-16(20-10-15-19-7-9-23-15)21-13-6-8-22(11-13)14-4-2-12(17)3-5-14/h2-5,7,9,13H,6,8,10-11H2,1H3,(H2,18,20,21). The van der Waals surface area contributed by atoms with Gasteiger partial charge in [-0.3, -0.25) is 4.99 Å². The molecule has 2 heterocycles.